The van der Waals surface area contributed by atoms with E-state index in [1.807, 2.05) is 19.9 Å². The van der Waals surface area contributed by atoms with Crippen LogP contribution in [0.4, 0.5) is 10.1 Å². The Morgan fingerprint density at radius 3 is 2.80 bits per heavy atom. The first-order valence-corrected chi connectivity index (χ1v) is 6.78. The molecule has 20 heavy (non-hydrogen) atoms. The van der Waals surface area contributed by atoms with Crippen molar-refractivity contribution < 1.29 is 9.13 Å². The van der Waals surface area contributed by atoms with Crippen LogP contribution >= 0.6 is 11.6 Å². The number of halogens is 2. The van der Waals surface area contributed by atoms with Crippen LogP contribution in [0.5, 0.6) is 5.75 Å². The van der Waals surface area contributed by atoms with Crippen molar-refractivity contribution in [2.24, 2.45) is 0 Å². The first-order chi connectivity index (χ1) is 9.60. The van der Waals surface area contributed by atoms with Crippen molar-refractivity contribution in [3.05, 3.63) is 53.1 Å². The summed E-state index contributed by atoms with van der Waals surface area (Å²) < 4.78 is 18.4. The first-order valence-electron chi connectivity index (χ1n) is 6.40. The highest BCUT2D eigenvalue weighted by Crippen LogP contribution is 2.30. The minimum atomic E-state index is -0.348. The van der Waals surface area contributed by atoms with Gasteiger partial charge in [0, 0.05) is 5.02 Å². The highest BCUT2D eigenvalue weighted by molar-refractivity contribution is 6.30. The fourth-order valence-electron chi connectivity index (χ4n) is 1.85. The number of aromatic nitrogens is 1. The van der Waals surface area contributed by atoms with Crippen LogP contribution in [0, 0.1) is 5.82 Å². The molecule has 2 aromatic rings. The molecule has 0 bridgehead atoms. The summed E-state index contributed by atoms with van der Waals surface area (Å²) in [7, 11) is 0. The van der Waals surface area contributed by atoms with Gasteiger partial charge in [0.05, 0.1) is 30.2 Å². The summed E-state index contributed by atoms with van der Waals surface area (Å²) in [6, 6.07) is 8.34. The number of hydrogen-bond acceptors (Lipinski definition) is 3. The summed E-state index contributed by atoms with van der Waals surface area (Å²) in [6.45, 7) is 4.43. The molecule has 106 valence electrons. The molecule has 1 atom stereocenters. The van der Waals surface area contributed by atoms with E-state index in [1.165, 1.54) is 12.3 Å². The average molecular weight is 295 g/mol. The molecule has 1 aromatic heterocycles. The second-order valence-corrected chi connectivity index (χ2v) is 4.78. The van der Waals surface area contributed by atoms with Gasteiger partial charge in [-0.05, 0) is 44.2 Å². The lowest BCUT2D eigenvalue weighted by atomic mass is 10.2. The summed E-state index contributed by atoms with van der Waals surface area (Å²) in [5.74, 6) is 0.379. The van der Waals surface area contributed by atoms with Gasteiger partial charge >= 0.3 is 0 Å². The topological polar surface area (TPSA) is 34.1 Å². The third-order valence-corrected chi connectivity index (χ3v) is 3.04. The van der Waals surface area contributed by atoms with E-state index >= 15 is 0 Å². The van der Waals surface area contributed by atoms with Crippen LogP contribution < -0.4 is 10.1 Å². The Balaban J connectivity index is 2.20. The predicted molar refractivity (Wildman–Crippen MR) is 78.9 cm³/mol. The van der Waals surface area contributed by atoms with Crippen molar-refractivity contribution in [1.29, 1.82) is 0 Å². The molecule has 0 radical (unpaired) electrons. The number of ether oxygens (including phenoxy) is 1. The maximum Gasteiger partial charge on any atom is 0.142 e. The quantitative estimate of drug-likeness (QED) is 0.885. The Hall–Kier alpha value is -1.81. The normalized spacial score (nSPS) is 12.0. The maximum atomic E-state index is 12.9. The molecule has 2 rings (SSSR count). The first kappa shape index (κ1) is 14.6. The Kier molecular flexibility index (Phi) is 4.79. The van der Waals surface area contributed by atoms with Crippen molar-refractivity contribution in [3.8, 4) is 5.75 Å². The standard InChI is InChI=1S/C15H16ClFN2O/c1-3-20-15-7-4-11(16)8-14(15)19-10(2)13-6-5-12(17)9-18-13/h4-10,19H,3H2,1-2H3. The molecule has 1 N–H and O–H groups in total. The van der Waals surface area contributed by atoms with E-state index in [0.717, 1.165) is 17.1 Å². The van der Waals surface area contributed by atoms with Crippen LogP contribution in [0.3, 0.4) is 0 Å². The lowest BCUT2D eigenvalue weighted by Crippen LogP contribution is -2.10. The van der Waals surface area contributed by atoms with Crippen LogP contribution in [0.25, 0.3) is 0 Å². The fourth-order valence-corrected chi connectivity index (χ4v) is 2.02. The summed E-state index contributed by atoms with van der Waals surface area (Å²) in [5, 5.41) is 3.90. The van der Waals surface area contributed by atoms with E-state index in [-0.39, 0.29) is 11.9 Å². The lowest BCUT2D eigenvalue weighted by Gasteiger charge is -2.18. The fraction of sp³-hybridized carbons (Fsp3) is 0.267. The van der Waals surface area contributed by atoms with E-state index in [4.69, 9.17) is 16.3 Å². The number of hydrogen-bond donors (Lipinski definition) is 1. The number of anilines is 1. The Labute approximate surface area is 122 Å². The molecule has 1 aromatic carbocycles. The zero-order chi connectivity index (χ0) is 14.5. The molecule has 0 saturated carbocycles. The van der Waals surface area contributed by atoms with Gasteiger partial charge < -0.3 is 10.1 Å². The molecule has 0 spiro atoms. The summed E-state index contributed by atoms with van der Waals surface area (Å²) in [6.07, 6.45) is 1.20. The van der Waals surface area contributed by atoms with Gasteiger partial charge in [0.2, 0.25) is 0 Å². The maximum absolute atomic E-state index is 12.9. The molecule has 0 aliphatic rings. The molecule has 1 unspecified atom stereocenters. The zero-order valence-corrected chi connectivity index (χ0v) is 12.1. The largest absolute Gasteiger partial charge is 0.492 e. The predicted octanol–water partition coefficient (Wildman–Crippen LogP) is 4.45. The van der Waals surface area contributed by atoms with Gasteiger partial charge in [-0.15, -0.1) is 0 Å². The third-order valence-electron chi connectivity index (χ3n) is 2.81. The molecule has 0 aliphatic carbocycles. The Morgan fingerprint density at radius 1 is 1.35 bits per heavy atom. The number of benzene rings is 1. The molecule has 3 nitrogen and oxygen atoms in total. The summed E-state index contributed by atoms with van der Waals surface area (Å²) in [5.41, 5.74) is 1.53. The van der Waals surface area contributed by atoms with E-state index in [1.54, 1.807) is 18.2 Å². The van der Waals surface area contributed by atoms with E-state index in [9.17, 15) is 4.39 Å². The van der Waals surface area contributed by atoms with Gasteiger partial charge in [-0.25, -0.2) is 4.39 Å². The van der Waals surface area contributed by atoms with Crippen LogP contribution in [0.1, 0.15) is 25.6 Å². The molecule has 0 saturated heterocycles. The monoisotopic (exact) mass is 294 g/mol. The number of rotatable bonds is 5. The molecule has 1 heterocycles. The van der Waals surface area contributed by atoms with Gasteiger partial charge in [0.25, 0.3) is 0 Å². The van der Waals surface area contributed by atoms with Gasteiger partial charge in [-0.1, -0.05) is 11.6 Å². The van der Waals surface area contributed by atoms with Crippen molar-refractivity contribution in [2.75, 3.05) is 11.9 Å². The van der Waals surface area contributed by atoms with Crippen molar-refractivity contribution in [1.82, 2.24) is 4.98 Å². The van der Waals surface area contributed by atoms with E-state index in [2.05, 4.69) is 10.3 Å². The highest BCUT2D eigenvalue weighted by Gasteiger charge is 2.11. The number of nitrogens with zero attached hydrogens (tertiary/aromatic N) is 1. The van der Waals surface area contributed by atoms with Crippen LogP contribution in [-0.2, 0) is 0 Å². The number of pyridine rings is 1. The average Bonchev–Trinajstić information content (AvgIpc) is 2.42. The van der Waals surface area contributed by atoms with Crippen LogP contribution in [0.15, 0.2) is 36.5 Å². The molecule has 0 amide bonds. The smallest absolute Gasteiger partial charge is 0.142 e. The Bertz CT molecular complexity index is 575. The van der Waals surface area contributed by atoms with Gasteiger partial charge in [-0.3, -0.25) is 4.98 Å². The molecular weight excluding hydrogens is 279 g/mol. The van der Waals surface area contributed by atoms with Crippen molar-refractivity contribution >= 4 is 17.3 Å². The second-order valence-electron chi connectivity index (χ2n) is 4.34. The second kappa shape index (κ2) is 6.57. The van der Waals surface area contributed by atoms with Gasteiger partial charge in [0.15, 0.2) is 0 Å². The van der Waals surface area contributed by atoms with Crippen molar-refractivity contribution in [3.63, 3.8) is 0 Å². The van der Waals surface area contributed by atoms with Gasteiger partial charge in [-0.2, -0.15) is 0 Å². The molecule has 5 heteroatoms. The van der Waals surface area contributed by atoms with Crippen molar-refractivity contribution in [2.45, 2.75) is 19.9 Å². The number of nitrogens with one attached hydrogen (secondary N) is 1. The summed E-state index contributed by atoms with van der Waals surface area (Å²) in [4.78, 5) is 4.06. The molecule has 0 aliphatic heterocycles. The SMILES string of the molecule is CCOc1ccc(Cl)cc1NC(C)c1ccc(F)cn1. The van der Waals surface area contributed by atoms with Crippen LogP contribution in [0.2, 0.25) is 5.02 Å². The van der Waals surface area contributed by atoms with Crippen LogP contribution in [-0.4, -0.2) is 11.6 Å². The zero-order valence-electron chi connectivity index (χ0n) is 11.4. The molecule has 0 fully saturated rings. The third kappa shape index (κ3) is 3.61. The minimum absolute atomic E-state index is 0.0896. The van der Waals surface area contributed by atoms with E-state index in [0.29, 0.717) is 11.6 Å². The Morgan fingerprint density at radius 2 is 2.15 bits per heavy atom. The molecular formula is C15H16ClFN2O. The van der Waals surface area contributed by atoms with E-state index < -0.39 is 0 Å². The lowest BCUT2D eigenvalue weighted by molar-refractivity contribution is 0.341. The summed E-state index contributed by atoms with van der Waals surface area (Å²) >= 11 is 6.01. The highest BCUT2D eigenvalue weighted by atomic mass is 35.5. The minimum Gasteiger partial charge on any atom is -0.492 e. The van der Waals surface area contributed by atoms with Gasteiger partial charge in [0.1, 0.15) is 11.6 Å².